The predicted molar refractivity (Wildman–Crippen MR) is 127 cm³/mol. The molecule has 0 bridgehead atoms. The lowest BCUT2D eigenvalue weighted by Gasteiger charge is -2.09. The fraction of sp³-hybridized carbons (Fsp3) is 0.214. The van der Waals surface area contributed by atoms with Crippen molar-refractivity contribution in [2.24, 2.45) is 12.9 Å². The summed E-state index contributed by atoms with van der Waals surface area (Å²) in [6.07, 6.45) is 3.96. The topological polar surface area (TPSA) is 29.9 Å². The van der Waals surface area contributed by atoms with Crippen molar-refractivity contribution in [3.63, 3.8) is 0 Å². The molecule has 3 nitrogen and oxygen atoms in total. The summed E-state index contributed by atoms with van der Waals surface area (Å²) in [4.78, 5) is 4.39. The van der Waals surface area contributed by atoms with Crippen LogP contribution in [0.5, 0.6) is 0 Å². The van der Waals surface area contributed by atoms with Gasteiger partial charge in [-0.3, -0.25) is 0 Å². The minimum Gasteiger partial charge on any atom is -0.437 e. The zero-order valence-electron chi connectivity index (χ0n) is 21.9. The molecule has 0 radical (unpaired) electrons. The van der Waals surface area contributed by atoms with Crippen molar-refractivity contribution in [1.29, 1.82) is 0 Å². The molecule has 31 heavy (non-hydrogen) atoms. The number of hydrogen-bond donors (Lipinski definition) is 0. The maximum atomic E-state index is 8.29. The summed E-state index contributed by atoms with van der Waals surface area (Å²) in [6.45, 7) is 1.20. The van der Waals surface area contributed by atoms with Crippen molar-refractivity contribution in [3.8, 4) is 22.4 Å². The maximum Gasteiger partial charge on any atom is 0.227 e. The lowest BCUT2D eigenvalue weighted by Crippen LogP contribution is -2.31. The molecule has 2 aromatic carbocycles. The average Bonchev–Trinajstić information content (AvgIpc) is 3.17. The first-order valence-electron chi connectivity index (χ1n) is 12.4. The summed E-state index contributed by atoms with van der Waals surface area (Å²) >= 11 is 0. The number of rotatable bonds is 4. The Balaban J connectivity index is 1.56. The van der Waals surface area contributed by atoms with Crippen LogP contribution in [0.3, 0.4) is 0 Å². The summed E-state index contributed by atoms with van der Waals surface area (Å²) in [5, 5.41) is 2.04. The smallest absolute Gasteiger partial charge is 0.227 e. The Hall–Kier alpha value is -3.46. The Bertz CT molecular complexity index is 1570. The third-order valence-electron chi connectivity index (χ3n) is 5.75. The summed E-state index contributed by atoms with van der Waals surface area (Å²) in [5.74, 6) is -1.54. The van der Waals surface area contributed by atoms with E-state index in [9.17, 15) is 0 Å². The summed E-state index contributed by atoms with van der Waals surface area (Å²) in [5.41, 5.74) is 7.44. The zero-order chi connectivity index (χ0) is 25.0. The summed E-state index contributed by atoms with van der Waals surface area (Å²) in [6, 6.07) is 20.1. The zero-order valence-corrected chi connectivity index (χ0v) is 17.9. The molecule has 1 unspecified atom stereocenters. The number of aryl methyl sites for hydroxylation is 2. The van der Waals surface area contributed by atoms with E-state index in [4.69, 9.17) is 9.90 Å². The SMILES string of the molecule is [2H]C([2H])([2H])C([2H])(C)Cc1cccc(-c2ccc(-c3c(C)ccc4c3oc3ncccc34)[n+](C)c2)c1. The number of hydrogen-bond acceptors (Lipinski definition) is 2. The van der Waals surface area contributed by atoms with E-state index in [1.165, 1.54) is 6.92 Å². The molecular formula is C28H27N2O+. The molecule has 154 valence electrons. The van der Waals surface area contributed by atoms with Crippen molar-refractivity contribution in [3.05, 3.63) is 84.2 Å². The molecule has 3 heteroatoms. The van der Waals surface area contributed by atoms with Gasteiger partial charge in [-0.25, -0.2) is 9.55 Å². The van der Waals surface area contributed by atoms with Crippen LogP contribution in [0.1, 0.15) is 30.4 Å². The van der Waals surface area contributed by atoms with Gasteiger partial charge in [-0.2, -0.15) is 0 Å². The van der Waals surface area contributed by atoms with Gasteiger partial charge in [-0.15, -0.1) is 0 Å². The predicted octanol–water partition coefficient (Wildman–Crippen LogP) is 6.65. The van der Waals surface area contributed by atoms with Gasteiger partial charge in [-0.1, -0.05) is 50.2 Å². The number of pyridine rings is 2. The van der Waals surface area contributed by atoms with Crippen LogP contribution in [0, 0.1) is 12.8 Å². The van der Waals surface area contributed by atoms with Crippen LogP contribution in [0.2, 0.25) is 0 Å². The Morgan fingerprint density at radius 1 is 1.06 bits per heavy atom. The third-order valence-corrected chi connectivity index (χ3v) is 5.75. The van der Waals surface area contributed by atoms with Gasteiger partial charge in [0.25, 0.3) is 0 Å². The van der Waals surface area contributed by atoms with Crippen LogP contribution in [0.4, 0.5) is 0 Å². The van der Waals surface area contributed by atoms with Gasteiger partial charge in [0.2, 0.25) is 11.4 Å². The second-order valence-corrected chi connectivity index (χ2v) is 8.16. The van der Waals surface area contributed by atoms with Gasteiger partial charge in [0.05, 0.1) is 5.56 Å². The van der Waals surface area contributed by atoms with Gasteiger partial charge < -0.3 is 4.42 Å². The Labute approximate surface area is 188 Å². The highest BCUT2D eigenvalue weighted by Gasteiger charge is 2.21. The molecule has 0 N–H and O–H groups in total. The molecule has 0 aliphatic carbocycles. The largest absolute Gasteiger partial charge is 0.437 e. The number of fused-ring (bicyclic) bond motifs is 3. The molecule has 0 aliphatic rings. The molecule has 0 aliphatic heterocycles. The Morgan fingerprint density at radius 2 is 1.97 bits per heavy atom. The van der Waals surface area contributed by atoms with E-state index in [2.05, 4.69) is 46.9 Å². The molecule has 3 heterocycles. The van der Waals surface area contributed by atoms with E-state index in [0.717, 1.165) is 49.9 Å². The Morgan fingerprint density at radius 3 is 2.81 bits per heavy atom. The van der Waals surface area contributed by atoms with Gasteiger partial charge in [0.15, 0.2) is 11.8 Å². The van der Waals surface area contributed by atoms with Gasteiger partial charge in [-0.05, 0) is 54.1 Å². The first-order chi connectivity index (χ1) is 16.5. The van der Waals surface area contributed by atoms with Crippen LogP contribution in [0.25, 0.3) is 44.5 Å². The maximum absolute atomic E-state index is 8.29. The van der Waals surface area contributed by atoms with Crippen LogP contribution >= 0.6 is 0 Å². The van der Waals surface area contributed by atoms with Gasteiger partial charge in [0.1, 0.15) is 7.05 Å². The second-order valence-electron chi connectivity index (χ2n) is 8.16. The van der Waals surface area contributed by atoms with Crippen LogP contribution in [-0.4, -0.2) is 4.98 Å². The van der Waals surface area contributed by atoms with Crippen LogP contribution in [0.15, 0.2) is 77.5 Å². The van der Waals surface area contributed by atoms with Crippen LogP contribution in [-0.2, 0) is 13.5 Å². The van der Waals surface area contributed by atoms with E-state index >= 15 is 0 Å². The molecule has 0 fully saturated rings. The van der Waals surface area contributed by atoms with E-state index < -0.39 is 12.7 Å². The van der Waals surface area contributed by atoms with Gasteiger partial charge in [0, 0.05) is 34.1 Å². The first kappa shape index (κ1) is 15.4. The number of aromatic nitrogens is 2. The van der Waals surface area contributed by atoms with Crippen molar-refractivity contribution in [2.75, 3.05) is 0 Å². The normalized spacial score (nSPS) is 15.8. The molecule has 0 saturated carbocycles. The minimum atomic E-state index is -2.35. The molecule has 1 atom stereocenters. The van der Waals surface area contributed by atoms with Gasteiger partial charge >= 0.3 is 0 Å². The highest BCUT2D eigenvalue weighted by Crippen LogP contribution is 2.36. The molecule has 5 rings (SSSR count). The average molecular weight is 412 g/mol. The van der Waals surface area contributed by atoms with Crippen molar-refractivity contribution < 1.29 is 14.5 Å². The molecule has 0 amide bonds. The van der Waals surface area contributed by atoms with E-state index in [1.807, 2.05) is 43.4 Å². The monoisotopic (exact) mass is 411 g/mol. The number of furan rings is 1. The minimum absolute atomic E-state index is 0.156. The quantitative estimate of drug-likeness (QED) is 0.310. The summed E-state index contributed by atoms with van der Waals surface area (Å²) in [7, 11) is 2.01. The van der Waals surface area contributed by atoms with Crippen molar-refractivity contribution >= 4 is 22.1 Å². The van der Waals surface area contributed by atoms with Crippen molar-refractivity contribution in [2.45, 2.75) is 27.1 Å². The number of nitrogens with zero attached hydrogens (tertiary/aromatic N) is 2. The molecule has 3 aromatic heterocycles. The molecule has 0 saturated heterocycles. The Kier molecular flexibility index (Phi) is 3.79. The lowest BCUT2D eigenvalue weighted by molar-refractivity contribution is -0.659. The fourth-order valence-corrected chi connectivity index (χ4v) is 4.30. The van der Waals surface area contributed by atoms with E-state index in [1.54, 1.807) is 6.20 Å². The molecule has 5 aromatic rings. The second kappa shape index (κ2) is 7.66. The third kappa shape index (κ3) is 3.50. The first-order valence-corrected chi connectivity index (χ1v) is 10.4. The highest BCUT2D eigenvalue weighted by molar-refractivity contribution is 6.08. The van der Waals surface area contributed by atoms with E-state index in [-0.39, 0.29) is 6.42 Å². The molecular weight excluding hydrogens is 380 g/mol. The van der Waals surface area contributed by atoms with Crippen molar-refractivity contribution in [1.82, 2.24) is 4.98 Å². The molecule has 0 spiro atoms. The summed E-state index contributed by atoms with van der Waals surface area (Å²) < 4.78 is 39.6. The van der Waals surface area contributed by atoms with E-state index in [0.29, 0.717) is 5.71 Å². The fourth-order valence-electron chi connectivity index (χ4n) is 4.30. The highest BCUT2D eigenvalue weighted by atomic mass is 16.3. The van der Waals surface area contributed by atoms with Crippen LogP contribution < -0.4 is 4.57 Å². The lowest BCUT2D eigenvalue weighted by atomic mass is 9.97. The number of benzene rings is 2. The standard InChI is InChI=1S/C28H27N2O/c1-18(2)15-20-7-5-8-21(16-20)22-11-13-25(30(4)17-22)26-19(3)10-12-23-24-9-6-14-29-28(24)31-27(23)26/h5-14,16-18H,15H2,1-4H3/q+1/i1D3,18D.